The SMILES string of the molecule is COCCN(CCOC)c1ccc([C@@H](C)O)nc1. The number of pyridine rings is 1. The number of hydrogen-bond donors (Lipinski definition) is 1. The first-order valence-electron chi connectivity index (χ1n) is 6.06. The molecule has 1 aromatic rings. The third kappa shape index (κ3) is 4.60. The van der Waals surface area contributed by atoms with E-state index in [1.54, 1.807) is 27.3 Å². The maximum Gasteiger partial charge on any atom is 0.0931 e. The highest BCUT2D eigenvalue weighted by Crippen LogP contribution is 2.16. The zero-order valence-corrected chi connectivity index (χ0v) is 11.3. The highest BCUT2D eigenvalue weighted by atomic mass is 16.5. The minimum absolute atomic E-state index is 0.537. The van der Waals surface area contributed by atoms with Crippen LogP contribution < -0.4 is 4.90 Å². The number of anilines is 1. The lowest BCUT2D eigenvalue weighted by Gasteiger charge is -2.24. The van der Waals surface area contributed by atoms with Crippen molar-refractivity contribution in [1.29, 1.82) is 0 Å². The quantitative estimate of drug-likeness (QED) is 0.756. The molecule has 0 spiro atoms. The van der Waals surface area contributed by atoms with E-state index in [1.807, 2.05) is 12.1 Å². The van der Waals surface area contributed by atoms with Crippen LogP contribution in [0.3, 0.4) is 0 Å². The van der Waals surface area contributed by atoms with E-state index < -0.39 is 6.10 Å². The van der Waals surface area contributed by atoms with Crippen molar-refractivity contribution in [3.63, 3.8) is 0 Å². The molecule has 1 N–H and O–H groups in total. The van der Waals surface area contributed by atoms with Gasteiger partial charge < -0.3 is 19.5 Å². The molecule has 0 aliphatic rings. The first-order valence-corrected chi connectivity index (χ1v) is 6.06. The molecule has 1 rings (SSSR count). The molecule has 1 aromatic heterocycles. The second-order valence-electron chi connectivity index (χ2n) is 4.09. The molecule has 0 saturated carbocycles. The van der Waals surface area contributed by atoms with Gasteiger partial charge in [-0.15, -0.1) is 0 Å². The van der Waals surface area contributed by atoms with Crippen LogP contribution in [-0.4, -0.2) is 50.6 Å². The standard InChI is InChI=1S/C13H22N2O3/c1-11(16)13-5-4-12(10-14-13)15(6-8-17-2)7-9-18-3/h4-5,10-11,16H,6-9H2,1-3H3/t11-/m1/s1. The van der Waals surface area contributed by atoms with Crippen LogP contribution in [0.1, 0.15) is 18.7 Å². The van der Waals surface area contributed by atoms with Crippen molar-refractivity contribution in [3.8, 4) is 0 Å². The van der Waals surface area contributed by atoms with Crippen LogP contribution in [0.5, 0.6) is 0 Å². The number of methoxy groups -OCH3 is 2. The van der Waals surface area contributed by atoms with Crippen LogP contribution >= 0.6 is 0 Å². The molecule has 0 aliphatic carbocycles. The zero-order valence-electron chi connectivity index (χ0n) is 11.3. The summed E-state index contributed by atoms with van der Waals surface area (Å²) in [6, 6.07) is 3.80. The van der Waals surface area contributed by atoms with Gasteiger partial charge in [0.25, 0.3) is 0 Å². The lowest BCUT2D eigenvalue weighted by molar-refractivity contribution is 0.190. The number of nitrogens with zero attached hydrogens (tertiary/aromatic N) is 2. The molecule has 1 heterocycles. The van der Waals surface area contributed by atoms with E-state index in [0.29, 0.717) is 18.9 Å². The molecule has 0 fully saturated rings. The molecule has 0 unspecified atom stereocenters. The molecule has 0 amide bonds. The van der Waals surface area contributed by atoms with Crippen LogP contribution in [-0.2, 0) is 9.47 Å². The first-order chi connectivity index (χ1) is 8.69. The molecule has 5 heteroatoms. The second kappa shape index (κ2) is 8.02. The van der Waals surface area contributed by atoms with E-state index in [1.165, 1.54) is 0 Å². The molecule has 18 heavy (non-hydrogen) atoms. The van der Waals surface area contributed by atoms with E-state index in [2.05, 4.69) is 9.88 Å². The minimum atomic E-state index is -0.537. The molecule has 1 atom stereocenters. The molecule has 0 bridgehead atoms. The van der Waals surface area contributed by atoms with Crippen LogP contribution in [0.4, 0.5) is 5.69 Å². The van der Waals surface area contributed by atoms with Gasteiger partial charge in [-0.2, -0.15) is 0 Å². The van der Waals surface area contributed by atoms with Gasteiger partial charge in [-0.25, -0.2) is 0 Å². The third-order valence-corrected chi connectivity index (χ3v) is 2.69. The van der Waals surface area contributed by atoms with Crippen molar-refractivity contribution < 1.29 is 14.6 Å². The van der Waals surface area contributed by atoms with E-state index in [-0.39, 0.29) is 0 Å². The van der Waals surface area contributed by atoms with Crippen molar-refractivity contribution in [2.24, 2.45) is 0 Å². The number of aliphatic hydroxyl groups is 1. The minimum Gasteiger partial charge on any atom is -0.387 e. The summed E-state index contributed by atoms with van der Waals surface area (Å²) in [7, 11) is 3.37. The predicted octanol–water partition coefficient (Wildman–Crippen LogP) is 1.23. The molecular weight excluding hydrogens is 232 g/mol. The van der Waals surface area contributed by atoms with E-state index in [4.69, 9.17) is 9.47 Å². The van der Waals surface area contributed by atoms with Gasteiger partial charge >= 0.3 is 0 Å². The summed E-state index contributed by atoms with van der Waals surface area (Å²) in [5.74, 6) is 0. The Bertz CT molecular complexity index is 320. The Morgan fingerprint density at radius 1 is 1.22 bits per heavy atom. The van der Waals surface area contributed by atoms with Gasteiger partial charge in [-0.05, 0) is 19.1 Å². The molecule has 0 aromatic carbocycles. The Kier molecular flexibility index (Phi) is 6.64. The van der Waals surface area contributed by atoms with Gasteiger partial charge in [0.2, 0.25) is 0 Å². The Morgan fingerprint density at radius 3 is 2.22 bits per heavy atom. The van der Waals surface area contributed by atoms with Crippen molar-refractivity contribution in [3.05, 3.63) is 24.0 Å². The lowest BCUT2D eigenvalue weighted by atomic mass is 10.2. The van der Waals surface area contributed by atoms with Crippen molar-refractivity contribution >= 4 is 5.69 Å². The topological polar surface area (TPSA) is 54.8 Å². The summed E-state index contributed by atoms with van der Waals surface area (Å²) in [6.07, 6.45) is 1.23. The zero-order chi connectivity index (χ0) is 13.4. The fraction of sp³-hybridized carbons (Fsp3) is 0.615. The second-order valence-corrected chi connectivity index (χ2v) is 4.09. The van der Waals surface area contributed by atoms with Gasteiger partial charge in [0.15, 0.2) is 0 Å². The number of aliphatic hydroxyl groups excluding tert-OH is 1. The smallest absolute Gasteiger partial charge is 0.0931 e. The number of hydrogen-bond acceptors (Lipinski definition) is 5. The molecule has 102 valence electrons. The summed E-state index contributed by atoms with van der Waals surface area (Å²) >= 11 is 0. The van der Waals surface area contributed by atoms with Crippen molar-refractivity contribution in [2.45, 2.75) is 13.0 Å². The molecular formula is C13H22N2O3. The van der Waals surface area contributed by atoms with Gasteiger partial charge in [0, 0.05) is 27.3 Å². The highest BCUT2D eigenvalue weighted by Gasteiger charge is 2.08. The monoisotopic (exact) mass is 254 g/mol. The highest BCUT2D eigenvalue weighted by molar-refractivity contribution is 5.44. The molecule has 0 radical (unpaired) electrons. The third-order valence-electron chi connectivity index (χ3n) is 2.69. The lowest BCUT2D eigenvalue weighted by Crippen LogP contribution is -2.30. The maximum absolute atomic E-state index is 9.42. The molecule has 5 nitrogen and oxygen atoms in total. The van der Waals surface area contributed by atoms with Crippen LogP contribution in [0, 0.1) is 0 Å². The van der Waals surface area contributed by atoms with Gasteiger partial charge in [-0.1, -0.05) is 0 Å². The normalized spacial score (nSPS) is 12.4. The Labute approximate surface area is 108 Å². The van der Waals surface area contributed by atoms with Crippen molar-refractivity contribution in [2.75, 3.05) is 45.4 Å². The molecule has 0 saturated heterocycles. The van der Waals surface area contributed by atoms with Crippen molar-refractivity contribution in [1.82, 2.24) is 4.98 Å². The summed E-state index contributed by atoms with van der Waals surface area (Å²) in [6.45, 7) is 4.59. The van der Waals surface area contributed by atoms with Gasteiger partial charge in [0.05, 0.1) is 36.9 Å². The number of rotatable bonds is 8. The van der Waals surface area contributed by atoms with Crippen LogP contribution in [0.25, 0.3) is 0 Å². The number of aromatic nitrogens is 1. The maximum atomic E-state index is 9.42. The Hall–Kier alpha value is -1.17. The molecule has 0 aliphatic heterocycles. The van der Waals surface area contributed by atoms with Gasteiger partial charge in [0.1, 0.15) is 0 Å². The van der Waals surface area contributed by atoms with Crippen LogP contribution in [0.2, 0.25) is 0 Å². The van der Waals surface area contributed by atoms with E-state index in [0.717, 1.165) is 18.8 Å². The van der Waals surface area contributed by atoms with E-state index in [9.17, 15) is 5.11 Å². The fourth-order valence-corrected chi connectivity index (χ4v) is 1.60. The summed E-state index contributed by atoms with van der Waals surface area (Å²) in [4.78, 5) is 6.39. The summed E-state index contributed by atoms with van der Waals surface area (Å²) in [5.41, 5.74) is 1.69. The summed E-state index contributed by atoms with van der Waals surface area (Å²) < 4.78 is 10.2. The average molecular weight is 254 g/mol. The Morgan fingerprint density at radius 2 is 1.83 bits per heavy atom. The fourth-order valence-electron chi connectivity index (χ4n) is 1.60. The predicted molar refractivity (Wildman–Crippen MR) is 70.8 cm³/mol. The first kappa shape index (κ1) is 14.9. The average Bonchev–Trinajstić information content (AvgIpc) is 2.39. The summed E-state index contributed by atoms with van der Waals surface area (Å²) in [5, 5.41) is 9.42. The Balaban J connectivity index is 2.70. The number of ether oxygens (including phenoxy) is 2. The van der Waals surface area contributed by atoms with Crippen LogP contribution in [0.15, 0.2) is 18.3 Å². The largest absolute Gasteiger partial charge is 0.387 e. The van der Waals surface area contributed by atoms with E-state index >= 15 is 0 Å². The van der Waals surface area contributed by atoms with Gasteiger partial charge in [-0.3, -0.25) is 4.98 Å².